The van der Waals surface area contributed by atoms with Crippen LogP contribution in [-0.2, 0) is 4.79 Å². The van der Waals surface area contributed by atoms with Crippen molar-refractivity contribution in [3.05, 3.63) is 72.8 Å². The van der Waals surface area contributed by atoms with Crippen LogP contribution in [0.1, 0.15) is 69.2 Å². The van der Waals surface area contributed by atoms with Crippen LogP contribution >= 0.6 is 67.8 Å². The standard InChI is InChI=1S/2C6H6.2C4H10N2.C3H8O.C3H6O.C2H4I2.C2H5I.2C2H6/c2*1-2-4-6-5-3-1;2*1-5-4-6(2)3;2*1-3(2)4;1-2(3)4;1-2-3;2*1-2/h2*1-6H;2*4H,1-3H3;3-4H,1-2H3;1-2H3;2H,1H3;2H2,1H3;2*1-2H3. The van der Waals surface area contributed by atoms with Gasteiger partial charge in [-0.3, -0.25) is 9.98 Å². The Morgan fingerprint density at radius 2 is 0.767 bits per heavy atom. The van der Waals surface area contributed by atoms with Gasteiger partial charge in [-0.15, -0.1) is 0 Å². The minimum atomic E-state index is -0.167. The number of nitrogens with zero attached hydrogens (tertiary/aromatic N) is 4. The maximum absolute atomic E-state index is 9.44. The Hall–Kier alpha value is -0.800. The zero-order valence-corrected chi connectivity index (χ0v) is 36.7. The number of aliphatic hydroxyl groups excluding tert-OH is 1. The molecule has 0 fully saturated rings. The van der Waals surface area contributed by atoms with E-state index in [4.69, 9.17) is 5.11 Å². The average molecular weight is 945 g/mol. The lowest BCUT2D eigenvalue weighted by Crippen LogP contribution is -2.06. The van der Waals surface area contributed by atoms with Crippen molar-refractivity contribution in [2.75, 3.05) is 46.7 Å². The Balaban J connectivity index is -0.0000000539. The normalized spacial score (nSPS) is 7.95. The van der Waals surface area contributed by atoms with Crippen LogP contribution in [0.2, 0.25) is 0 Å². The van der Waals surface area contributed by atoms with Crippen molar-refractivity contribution in [2.24, 2.45) is 9.98 Å². The van der Waals surface area contributed by atoms with Crippen LogP contribution in [-0.4, -0.2) is 88.1 Å². The number of alkyl halides is 3. The monoisotopic (exact) mass is 944 g/mol. The number of Topliss-reactive ketones (excluding diaryl/α,β-unsaturated/α-hetero) is 1. The molecule has 0 heterocycles. The first-order valence-corrected chi connectivity index (χ1v) is 18.3. The quantitative estimate of drug-likeness (QED) is 0.141. The van der Waals surface area contributed by atoms with Crippen molar-refractivity contribution in [1.29, 1.82) is 0 Å². The molecule has 0 amide bonds. The van der Waals surface area contributed by atoms with E-state index in [-0.39, 0.29) is 11.9 Å². The number of hydrogen-bond acceptors (Lipinski definition) is 4. The van der Waals surface area contributed by atoms with E-state index in [9.17, 15) is 4.79 Å². The summed E-state index contributed by atoms with van der Waals surface area (Å²) in [6, 6.07) is 24.0. The molecule has 0 aliphatic heterocycles. The molecule has 0 aliphatic carbocycles. The fourth-order valence-electron chi connectivity index (χ4n) is 1.23. The molecule has 0 radical (unpaired) electrons. The number of aliphatic hydroxyl groups is 1. The smallest absolute Gasteiger partial charge is 0.126 e. The minimum absolute atomic E-state index is 0.167. The van der Waals surface area contributed by atoms with Gasteiger partial charge in [-0.25, -0.2) is 0 Å². The summed E-state index contributed by atoms with van der Waals surface area (Å²) in [5, 5.41) is 8.06. The lowest BCUT2D eigenvalue weighted by Gasteiger charge is -1.98. The Bertz CT molecular complexity index is 572. The predicted molar refractivity (Wildman–Crippen MR) is 228 cm³/mol. The van der Waals surface area contributed by atoms with E-state index in [1.165, 1.54) is 18.3 Å². The van der Waals surface area contributed by atoms with E-state index >= 15 is 0 Å². The van der Waals surface area contributed by atoms with E-state index in [2.05, 4.69) is 91.6 Å². The second kappa shape index (κ2) is 68.4. The Kier molecular flexibility index (Phi) is 97.4. The molecule has 0 aromatic heterocycles. The molecule has 0 unspecified atom stereocenters. The number of halogens is 3. The molecule has 43 heavy (non-hydrogen) atoms. The van der Waals surface area contributed by atoms with E-state index in [0.717, 1.165) is 1.93 Å². The van der Waals surface area contributed by atoms with Crippen LogP contribution < -0.4 is 0 Å². The Morgan fingerprint density at radius 3 is 0.791 bits per heavy atom. The summed E-state index contributed by atoms with van der Waals surface area (Å²) < 4.78 is 1.99. The number of rotatable bonds is 2. The number of hydrogen-bond donors (Lipinski definition) is 1. The molecule has 0 atom stereocenters. The van der Waals surface area contributed by atoms with Gasteiger partial charge < -0.3 is 19.7 Å². The van der Waals surface area contributed by atoms with Crippen LogP contribution in [0.3, 0.4) is 0 Å². The van der Waals surface area contributed by atoms with Crippen molar-refractivity contribution in [1.82, 2.24) is 9.80 Å². The van der Waals surface area contributed by atoms with Crippen LogP contribution in [0.4, 0.5) is 0 Å². The third kappa shape index (κ3) is 214. The molecule has 9 heteroatoms. The lowest BCUT2D eigenvalue weighted by atomic mass is 10.4. The summed E-state index contributed by atoms with van der Waals surface area (Å²) in [4.78, 5) is 20.7. The van der Waals surface area contributed by atoms with Gasteiger partial charge in [-0.1, -0.05) is 175 Å². The molecule has 0 saturated heterocycles. The molecule has 2 aromatic carbocycles. The molecule has 2 aromatic rings. The van der Waals surface area contributed by atoms with Gasteiger partial charge in [0.25, 0.3) is 0 Å². The SMILES string of the molecule is CC.CC.CC(C)=O.CC(C)O.CC(I)I.CCI.CN=CN(C)C.CN=CN(C)C.c1ccccc1.c1ccccc1. The maximum Gasteiger partial charge on any atom is 0.126 e. The number of carbonyl (C=O) groups is 1. The minimum Gasteiger partial charge on any atom is -0.394 e. The van der Waals surface area contributed by atoms with Crippen LogP contribution in [0.15, 0.2) is 82.8 Å². The maximum atomic E-state index is 9.44. The van der Waals surface area contributed by atoms with Crippen molar-refractivity contribution < 1.29 is 9.90 Å². The van der Waals surface area contributed by atoms with Gasteiger partial charge in [0, 0.05) is 48.4 Å². The van der Waals surface area contributed by atoms with Crippen molar-refractivity contribution in [3.8, 4) is 0 Å². The summed E-state index contributed by atoms with van der Waals surface area (Å²) in [5.41, 5.74) is 0. The molecule has 256 valence electrons. The Morgan fingerprint density at radius 1 is 0.674 bits per heavy atom. The average Bonchev–Trinajstić information content (AvgIpc) is 2.93. The molecular weight excluding hydrogens is 877 g/mol. The van der Waals surface area contributed by atoms with Gasteiger partial charge in [-0.2, -0.15) is 0 Å². The fourth-order valence-corrected chi connectivity index (χ4v) is 1.23. The first-order valence-electron chi connectivity index (χ1n) is 14.3. The first-order chi connectivity index (χ1) is 20.2. The third-order valence-corrected chi connectivity index (χ3v) is 2.03. The largest absolute Gasteiger partial charge is 0.394 e. The van der Waals surface area contributed by atoms with Gasteiger partial charge >= 0.3 is 0 Å². The highest BCUT2D eigenvalue weighted by Gasteiger charge is 1.73. The molecule has 0 aliphatic rings. The number of benzene rings is 2. The molecular formula is C34H67I3N4O2. The van der Waals surface area contributed by atoms with E-state index < -0.39 is 0 Å². The predicted octanol–water partition coefficient (Wildman–Crippen LogP) is 10.5. The topological polar surface area (TPSA) is 68.5 Å². The highest BCUT2D eigenvalue weighted by molar-refractivity contribution is 14.2. The number of carbonyl (C=O) groups excluding carboxylic acids is 1. The fraction of sp³-hybridized carbons (Fsp3) is 0.559. The zero-order chi connectivity index (χ0) is 35.9. The molecule has 0 saturated carbocycles. The van der Waals surface area contributed by atoms with E-state index in [0.29, 0.717) is 0 Å². The number of ketones is 1. The van der Waals surface area contributed by atoms with Gasteiger partial charge in [0.1, 0.15) is 5.78 Å². The van der Waals surface area contributed by atoms with Crippen LogP contribution in [0.5, 0.6) is 0 Å². The molecule has 0 spiro atoms. The van der Waals surface area contributed by atoms with Gasteiger partial charge in [-0.05, 0) is 39.0 Å². The third-order valence-electron chi connectivity index (χ3n) is 2.03. The molecule has 0 bridgehead atoms. The van der Waals surface area contributed by atoms with Gasteiger partial charge in [0.15, 0.2) is 0 Å². The molecule has 6 nitrogen and oxygen atoms in total. The number of aliphatic imine (C=N–C) groups is 2. The highest BCUT2D eigenvalue weighted by atomic mass is 127. The van der Waals surface area contributed by atoms with Gasteiger partial charge in [0.2, 0.25) is 0 Å². The lowest BCUT2D eigenvalue weighted by molar-refractivity contribution is -0.115. The molecule has 1 N–H and O–H groups in total. The van der Waals surface area contributed by atoms with E-state index in [1.807, 2.05) is 138 Å². The van der Waals surface area contributed by atoms with Crippen molar-refractivity contribution in [2.45, 2.75) is 77.3 Å². The Labute approximate surface area is 310 Å². The second-order valence-electron chi connectivity index (χ2n) is 7.77. The summed E-state index contributed by atoms with van der Waals surface area (Å²) in [6.07, 6.45) is 3.33. The second-order valence-corrected chi connectivity index (χ2v) is 15.4. The first kappa shape index (κ1) is 61.2. The summed E-state index contributed by atoms with van der Waals surface area (Å²) in [7, 11) is 11.2. The van der Waals surface area contributed by atoms with Crippen molar-refractivity contribution in [3.63, 3.8) is 0 Å². The van der Waals surface area contributed by atoms with Crippen LogP contribution in [0, 0.1) is 0 Å². The van der Waals surface area contributed by atoms with E-state index in [1.54, 1.807) is 40.6 Å². The van der Waals surface area contributed by atoms with Crippen LogP contribution in [0.25, 0.3) is 0 Å². The van der Waals surface area contributed by atoms with Crippen molar-refractivity contribution >= 4 is 86.2 Å². The zero-order valence-electron chi connectivity index (χ0n) is 30.2. The summed E-state index contributed by atoms with van der Waals surface area (Å²) in [5.74, 6) is 0.167. The summed E-state index contributed by atoms with van der Waals surface area (Å²) in [6.45, 7) is 18.8. The van der Waals surface area contributed by atoms with Gasteiger partial charge in [0.05, 0.1) is 14.6 Å². The molecule has 2 rings (SSSR count). The highest BCUT2D eigenvalue weighted by Crippen LogP contribution is 2.05. The summed E-state index contributed by atoms with van der Waals surface area (Å²) >= 11 is 6.95.